The van der Waals surface area contributed by atoms with Crippen molar-refractivity contribution >= 4 is 22.1 Å². The lowest BCUT2D eigenvalue weighted by atomic mass is 9.87. The van der Waals surface area contributed by atoms with Gasteiger partial charge < -0.3 is 11.1 Å². The molecule has 0 bridgehead atoms. The van der Waals surface area contributed by atoms with E-state index in [-0.39, 0.29) is 12.0 Å². The van der Waals surface area contributed by atoms with Crippen LogP contribution in [-0.2, 0) is 0 Å². The summed E-state index contributed by atoms with van der Waals surface area (Å²) in [5.74, 6) is 1.15. The average molecular weight is 324 g/mol. The highest BCUT2D eigenvalue weighted by atomic mass is 79.9. The van der Waals surface area contributed by atoms with Crippen molar-refractivity contribution in [2.24, 2.45) is 16.6 Å². The fraction of sp³-hybridized carbons (Fsp3) is 0.533. The van der Waals surface area contributed by atoms with Crippen LogP contribution in [0.2, 0.25) is 0 Å². The topological polar surface area (TPSA) is 50.4 Å². The van der Waals surface area contributed by atoms with Crippen LogP contribution in [0.15, 0.2) is 39.1 Å². The smallest absolute Gasteiger partial charge is 0.121 e. The number of allylic oxidation sites excluding steroid dienone is 3. The minimum Gasteiger partial charge on any atom is -0.370 e. The van der Waals surface area contributed by atoms with E-state index in [0.717, 1.165) is 36.1 Å². The lowest BCUT2D eigenvalue weighted by Crippen LogP contribution is -2.34. The van der Waals surface area contributed by atoms with Gasteiger partial charge in [0.2, 0.25) is 0 Å². The van der Waals surface area contributed by atoms with Crippen LogP contribution in [0.5, 0.6) is 0 Å². The van der Waals surface area contributed by atoms with E-state index in [0.29, 0.717) is 0 Å². The van der Waals surface area contributed by atoms with E-state index in [1.165, 1.54) is 12.0 Å². The van der Waals surface area contributed by atoms with Gasteiger partial charge in [-0.05, 0) is 31.4 Å². The zero-order valence-corrected chi connectivity index (χ0v) is 13.0. The molecule has 0 radical (unpaired) electrons. The summed E-state index contributed by atoms with van der Waals surface area (Å²) in [7, 11) is 0. The number of hydrogen-bond donors (Lipinski definition) is 2. The molecule has 0 saturated heterocycles. The van der Waals surface area contributed by atoms with E-state index in [4.69, 9.17) is 5.73 Å². The van der Waals surface area contributed by atoms with Crippen LogP contribution >= 0.6 is 15.9 Å². The molecule has 0 aromatic rings. The van der Waals surface area contributed by atoms with Crippen molar-refractivity contribution in [3.8, 4) is 0 Å². The molecular weight excluding hydrogens is 302 g/mol. The molecular formula is C15H22BrN3. The molecule has 1 aliphatic heterocycles. The van der Waals surface area contributed by atoms with Gasteiger partial charge >= 0.3 is 0 Å². The van der Waals surface area contributed by atoms with E-state index in [1.807, 2.05) is 6.21 Å². The predicted octanol–water partition coefficient (Wildman–Crippen LogP) is 3.24. The number of rotatable bonds is 4. The third-order valence-electron chi connectivity index (χ3n) is 3.47. The highest BCUT2D eigenvalue weighted by Gasteiger charge is 2.21. The van der Waals surface area contributed by atoms with Crippen molar-refractivity contribution in [3.05, 3.63) is 34.1 Å². The number of halogens is 1. The largest absolute Gasteiger partial charge is 0.370 e. The molecule has 0 aromatic heterocycles. The van der Waals surface area contributed by atoms with Crippen LogP contribution in [-0.4, -0.2) is 18.8 Å². The van der Waals surface area contributed by atoms with Crippen molar-refractivity contribution in [3.63, 3.8) is 0 Å². The Balaban J connectivity index is 2.06. The zero-order chi connectivity index (χ0) is 13.7. The van der Waals surface area contributed by atoms with Gasteiger partial charge in [0.15, 0.2) is 0 Å². The molecule has 2 rings (SSSR count). The van der Waals surface area contributed by atoms with Gasteiger partial charge in [-0.2, -0.15) is 0 Å². The Morgan fingerprint density at radius 2 is 2.42 bits per heavy atom. The monoisotopic (exact) mass is 323 g/mol. The molecule has 2 aliphatic rings. The average Bonchev–Trinajstić information content (AvgIpc) is 2.42. The molecule has 1 heterocycles. The third-order valence-corrected chi connectivity index (χ3v) is 3.96. The molecule has 0 saturated carbocycles. The van der Waals surface area contributed by atoms with Gasteiger partial charge in [0.1, 0.15) is 5.82 Å². The quantitative estimate of drug-likeness (QED) is 0.780. The lowest BCUT2D eigenvalue weighted by molar-refractivity contribution is 0.645. The van der Waals surface area contributed by atoms with Gasteiger partial charge in [-0.1, -0.05) is 40.9 Å². The molecule has 3 nitrogen and oxygen atoms in total. The summed E-state index contributed by atoms with van der Waals surface area (Å²) >= 11 is 3.57. The first kappa shape index (κ1) is 14.5. The maximum Gasteiger partial charge on any atom is 0.121 e. The summed E-state index contributed by atoms with van der Waals surface area (Å²) in [6.45, 7) is 3.19. The number of nitrogens with one attached hydrogen (secondary N) is 1. The molecule has 0 spiro atoms. The van der Waals surface area contributed by atoms with Crippen molar-refractivity contribution in [1.29, 1.82) is 0 Å². The minimum absolute atomic E-state index is 0.0502. The van der Waals surface area contributed by atoms with Gasteiger partial charge in [-0.25, -0.2) is 4.99 Å². The van der Waals surface area contributed by atoms with Crippen molar-refractivity contribution in [1.82, 2.24) is 5.32 Å². The molecule has 19 heavy (non-hydrogen) atoms. The highest BCUT2D eigenvalue weighted by molar-refractivity contribution is 9.11. The van der Waals surface area contributed by atoms with Gasteiger partial charge in [0.25, 0.3) is 0 Å². The van der Waals surface area contributed by atoms with Gasteiger partial charge in [0.05, 0.1) is 0 Å². The van der Waals surface area contributed by atoms with Crippen LogP contribution in [0, 0.1) is 5.92 Å². The van der Waals surface area contributed by atoms with Gasteiger partial charge in [-0.15, -0.1) is 0 Å². The second-order valence-electron chi connectivity index (χ2n) is 5.06. The normalized spacial score (nSPS) is 27.6. The first-order chi connectivity index (χ1) is 9.20. The summed E-state index contributed by atoms with van der Waals surface area (Å²) in [5, 5.41) is 3.30. The molecule has 0 aromatic carbocycles. The maximum absolute atomic E-state index is 6.32. The summed E-state index contributed by atoms with van der Waals surface area (Å²) < 4.78 is 1.11. The van der Waals surface area contributed by atoms with Crippen LogP contribution < -0.4 is 11.1 Å². The Labute approximate surface area is 123 Å². The Morgan fingerprint density at radius 3 is 3.11 bits per heavy atom. The van der Waals surface area contributed by atoms with E-state index >= 15 is 0 Å². The zero-order valence-electron chi connectivity index (χ0n) is 11.4. The minimum atomic E-state index is 0.0502. The predicted molar refractivity (Wildman–Crippen MR) is 85.3 cm³/mol. The van der Waals surface area contributed by atoms with E-state index in [9.17, 15) is 0 Å². The van der Waals surface area contributed by atoms with Crippen LogP contribution in [0.4, 0.5) is 0 Å². The third kappa shape index (κ3) is 4.05. The molecule has 3 N–H and O–H groups in total. The Hall–Kier alpha value is -0.870. The first-order valence-corrected chi connectivity index (χ1v) is 7.81. The molecule has 1 aliphatic carbocycles. The summed E-state index contributed by atoms with van der Waals surface area (Å²) in [6, 6.07) is 0.0502. The second-order valence-corrected chi connectivity index (χ2v) is 5.98. The highest BCUT2D eigenvalue weighted by Crippen LogP contribution is 2.27. The Bertz CT molecular complexity index is 435. The molecule has 0 fully saturated rings. The van der Waals surface area contributed by atoms with Crippen LogP contribution in [0.25, 0.3) is 0 Å². The fourth-order valence-corrected chi connectivity index (χ4v) is 3.01. The molecule has 2 unspecified atom stereocenters. The Kier molecular flexibility index (Phi) is 5.40. The van der Waals surface area contributed by atoms with Crippen molar-refractivity contribution in [2.45, 2.75) is 38.6 Å². The van der Waals surface area contributed by atoms with E-state index in [2.05, 4.69) is 51.4 Å². The van der Waals surface area contributed by atoms with Crippen LogP contribution in [0.3, 0.4) is 0 Å². The van der Waals surface area contributed by atoms with Gasteiger partial charge in [0, 0.05) is 29.2 Å². The van der Waals surface area contributed by atoms with E-state index < -0.39 is 0 Å². The second kappa shape index (κ2) is 7.06. The number of hydrogen-bond acceptors (Lipinski definition) is 3. The standard InChI is InChI=1S/C15H22BrN3/c1-2-5-11-8-13(16)9-12(15(11)17)10-19-14-6-3-4-7-18-14/h6,8-10,12,15,18H,2-5,7,17H2,1H3. The maximum atomic E-state index is 6.32. The first-order valence-electron chi connectivity index (χ1n) is 7.02. The van der Waals surface area contributed by atoms with Crippen molar-refractivity contribution < 1.29 is 0 Å². The molecule has 0 amide bonds. The summed E-state index contributed by atoms with van der Waals surface area (Å²) in [6.07, 6.45) is 12.9. The number of nitrogens with two attached hydrogens (primary N) is 1. The number of nitrogens with zero attached hydrogens (tertiary/aromatic N) is 1. The summed E-state index contributed by atoms with van der Waals surface area (Å²) in [5.41, 5.74) is 7.63. The molecule has 104 valence electrons. The van der Waals surface area contributed by atoms with E-state index in [1.54, 1.807) is 0 Å². The molecule has 4 heteroatoms. The lowest BCUT2D eigenvalue weighted by Gasteiger charge is -2.25. The fourth-order valence-electron chi connectivity index (χ4n) is 2.41. The summed E-state index contributed by atoms with van der Waals surface area (Å²) in [4.78, 5) is 4.54. The van der Waals surface area contributed by atoms with Gasteiger partial charge in [-0.3, -0.25) is 0 Å². The SMILES string of the molecule is CCCC1=CC(Br)=CC(C=NC2=CCCCN2)C1N. The Morgan fingerprint density at radius 1 is 1.58 bits per heavy atom. The van der Waals surface area contributed by atoms with Crippen molar-refractivity contribution in [2.75, 3.05) is 6.54 Å². The number of aliphatic imine (C=N–C) groups is 1. The molecule has 2 atom stereocenters. The van der Waals surface area contributed by atoms with Crippen LogP contribution in [0.1, 0.15) is 32.6 Å².